The van der Waals surface area contributed by atoms with Gasteiger partial charge in [0.25, 0.3) is 0 Å². The maximum atomic E-state index is 12.2. The monoisotopic (exact) mass is 454 g/mol. The summed E-state index contributed by atoms with van der Waals surface area (Å²) in [6, 6.07) is 0. The lowest BCUT2D eigenvalue weighted by molar-refractivity contribution is -0.324. The molecule has 2 aliphatic heterocycles. The van der Waals surface area contributed by atoms with E-state index in [4.69, 9.17) is 18.9 Å². The number of aliphatic hydroxyl groups excluding tert-OH is 1. The summed E-state index contributed by atoms with van der Waals surface area (Å²) in [6.45, 7) is 3.99. The smallest absolute Gasteiger partial charge is 0.222 e. The van der Waals surface area contributed by atoms with Crippen molar-refractivity contribution in [1.82, 2.24) is 0 Å². The molecule has 2 heterocycles. The van der Waals surface area contributed by atoms with Gasteiger partial charge < -0.3 is 34.3 Å². The lowest BCUT2D eigenvalue weighted by Crippen LogP contribution is -2.68. The number of hydrogen-bond acceptors (Lipinski definition) is 7. The van der Waals surface area contributed by atoms with Crippen LogP contribution >= 0.6 is 0 Å². The van der Waals surface area contributed by atoms with Gasteiger partial charge >= 0.3 is 0 Å². The highest BCUT2D eigenvalue weighted by atomic mass is 16.8. The SMILES string of the molecule is [2H]C1([2H])[C@]([2H])(O)[C@@]2([2H])[C@@H](CCC3=CC4(CC[C@@]32C)OCCO4)[C@@H]2CC[C@](O)(C3(CO)OCCO3)[C@]21C. The lowest BCUT2D eigenvalue weighted by atomic mass is 9.45. The first kappa shape index (κ1) is 17.8. The van der Waals surface area contributed by atoms with E-state index in [0.717, 1.165) is 5.57 Å². The molecule has 6 aliphatic rings. The summed E-state index contributed by atoms with van der Waals surface area (Å²) < 4.78 is 61.2. The minimum atomic E-state index is -2.89. The Kier molecular flexibility index (Phi) is 3.90. The molecule has 0 amide bonds. The molecule has 0 bridgehead atoms. The van der Waals surface area contributed by atoms with Gasteiger partial charge in [0.15, 0.2) is 5.79 Å². The van der Waals surface area contributed by atoms with E-state index < -0.39 is 64.8 Å². The van der Waals surface area contributed by atoms with E-state index in [2.05, 4.69) is 0 Å². The Morgan fingerprint density at radius 3 is 2.44 bits per heavy atom. The van der Waals surface area contributed by atoms with Gasteiger partial charge in [0.1, 0.15) is 12.2 Å². The van der Waals surface area contributed by atoms with Gasteiger partial charge in [-0.05, 0) is 67.7 Å². The van der Waals surface area contributed by atoms with Crippen molar-refractivity contribution in [2.75, 3.05) is 33.0 Å². The summed E-state index contributed by atoms with van der Waals surface area (Å²) in [5, 5.41) is 34.6. The molecule has 0 radical (unpaired) electrons. The summed E-state index contributed by atoms with van der Waals surface area (Å²) in [7, 11) is 0. The molecule has 3 N–H and O–H groups in total. The maximum absolute atomic E-state index is 12.2. The molecule has 0 aromatic carbocycles. The first-order valence-electron chi connectivity index (χ1n) is 14.1. The molecule has 7 atom stereocenters. The molecule has 2 saturated heterocycles. The predicted octanol–water partition coefficient (Wildman–Crippen LogP) is 2.13. The van der Waals surface area contributed by atoms with E-state index in [0.29, 0.717) is 45.3 Å². The highest BCUT2D eigenvalue weighted by Crippen LogP contribution is 2.70. The lowest BCUT2D eigenvalue weighted by Gasteiger charge is -2.62. The second-order valence-corrected chi connectivity index (χ2v) is 10.9. The standard InChI is InChI=1S/C25H38O7/c1-21-7-8-23(29-9-10-30-23)13-16(21)3-4-17-18-5-6-24(28,25(15-26)31-11-12-32-25)22(18,2)14-19(27)20(17)21/h13,17-20,26-28H,3-12,14-15H2,1-2H3/t17-,18-,19-,20+,21-,22-,24+/m0/s1/i14D2,19D,20D. The van der Waals surface area contributed by atoms with E-state index in [9.17, 15) is 20.8 Å². The number of hydrogen-bond donors (Lipinski definition) is 3. The van der Waals surface area contributed by atoms with Gasteiger partial charge in [-0.2, -0.15) is 0 Å². The summed E-state index contributed by atoms with van der Waals surface area (Å²) in [5.74, 6) is -5.70. The molecule has 180 valence electrons. The Bertz CT molecular complexity index is 977. The number of ether oxygens (including phenoxy) is 4. The summed E-state index contributed by atoms with van der Waals surface area (Å²) in [4.78, 5) is 0. The highest BCUT2D eigenvalue weighted by Gasteiger charge is 2.73. The Morgan fingerprint density at radius 2 is 1.75 bits per heavy atom. The summed E-state index contributed by atoms with van der Waals surface area (Å²) in [5.41, 5.74) is -3.84. The van der Waals surface area contributed by atoms with Crippen molar-refractivity contribution in [3.05, 3.63) is 11.6 Å². The van der Waals surface area contributed by atoms with Crippen LogP contribution in [-0.2, 0) is 18.9 Å². The van der Waals surface area contributed by atoms with Crippen LogP contribution in [0, 0.1) is 28.6 Å². The third-order valence-electron chi connectivity index (χ3n) is 9.67. The fraction of sp³-hybridized carbons (Fsp3) is 0.920. The number of aliphatic hydroxyl groups is 3. The van der Waals surface area contributed by atoms with E-state index >= 15 is 0 Å². The predicted molar refractivity (Wildman–Crippen MR) is 114 cm³/mol. The van der Waals surface area contributed by atoms with Crippen LogP contribution < -0.4 is 0 Å². The topological polar surface area (TPSA) is 97.6 Å². The second kappa shape index (κ2) is 7.00. The summed E-state index contributed by atoms with van der Waals surface area (Å²) in [6.07, 6.45) is -1.33. The van der Waals surface area contributed by atoms with Crippen molar-refractivity contribution >= 4 is 0 Å². The molecule has 32 heavy (non-hydrogen) atoms. The van der Waals surface area contributed by atoms with E-state index in [-0.39, 0.29) is 19.6 Å². The third-order valence-corrected chi connectivity index (χ3v) is 9.67. The highest BCUT2D eigenvalue weighted by molar-refractivity contribution is 5.29. The molecule has 1 spiro atoms. The van der Waals surface area contributed by atoms with Crippen LogP contribution in [0.5, 0.6) is 0 Å². The van der Waals surface area contributed by atoms with Crippen LogP contribution in [0.15, 0.2) is 11.6 Å². The van der Waals surface area contributed by atoms with E-state index in [1.54, 1.807) is 6.92 Å². The molecule has 7 heteroatoms. The molecule has 3 saturated carbocycles. The van der Waals surface area contributed by atoms with Gasteiger partial charge in [0, 0.05) is 15.9 Å². The van der Waals surface area contributed by atoms with Crippen LogP contribution in [0.2, 0.25) is 0 Å². The van der Waals surface area contributed by atoms with Crippen molar-refractivity contribution in [2.24, 2.45) is 28.6 Å². The van der Waals surface area contributed by atoms with Crippen molar-refractivity contribution in [3.63, 3.8) is 0 Å². The van der Waals surface area contributed by atoms with Crippen LogP contribution in [0.1, 0.15) is 64.2 Å². The van der Waals surface area contributed by atoms with Gasteiger partial charge in [0.2, 0.25) is 5.79 Å². The third kappa shape index (κ3) is 2.56. The van der Waals surface area contributed by atoms with Gasteiger partial charge in [-0.3, -0.25) is 0 Å². The fourth-order valence-corrected chi connectivity index (χ4v) is 7.97. The van der Waals surface area contributed by atoms with Crippen molar-refractivity contribution < 1.29 is 39.8 Å². The number of fused-ring (bicyclic) bond motifs is 5. The normalized spacial score (nSPS) is 59.2. The fourth-order valence-electron chi connectivity index (χ4n) is 7.97. The zero-order valence-corrected chi connectivity index (χ0v) is 19.0. The zero-order valence-electron chi connectivity index (χ0n) is 23.0. The molecule has 4 aliphatic carbocycles. The number of rotatable bonds is 2. The molecule has 0 aromatic rings. The van der Waals surface area contributed by atoms with E-state index in [1.165, 1.54) is 0 Å². The largest absolute Gasteiger partial charge is 0.393 e. The zero-order chi connectivity index (χ0) is 26.0. The van der Waals surface area contributed by atoms with Crippen LogP contribution in [0.4, 0.5) is 0 Å². The molecule has 0 aromatic heterocycles. The minimum Gasteiger partial charge on any atom is -0.393 e. The van der Waals surface area contributed by atoms with Crippen LogP contribution in [0.3, 0.4) is 0 Å². The van der Waals surface area contributed by atoms with E-state index in [1.807, 2.05) is 13.0 Å². The van der Waals surface area contributed by atoms with Gasteiger partial charge in [-0.15, -0.1) is 0 Å². The number of allylic oxidation sites excluding steroid dienone is 1. The van der Waals surface area contributed by atoms with Crippen LogP contribution in [0.25, 0.3) is 0 Å². The van der Waals surface area contributed by atoms with Crippen molar-refractivity contribution in [1.29, 1.82) is 0 Å². The molecule has 7 nitrogen and oxygen atoms in total. The Hall–Kier alpha value is -0.540. The van der Waals surface area contributed by atoms with Crippen molar-refractivity contribution in [2.45, 2.75) is 82.0 Å². The van der Waals surface area contributed by atoms with Crippen molar-refractivity contribution in [3.8, 4) is 0 Å². The Balaban J connectivity index is 1.51. The molecule has 0 unspecified atom stereocenters. The molecular weight excluding hydrogens is 412 g/mol. The first-order valence-corrected chi connectivity index (χ1v) is 12.1. The van der Waals surface area contributed by atoms with Gasteiger partial charge in [-0.1, -0.05) is 19.4 Å². The average molecular weight is 455 g/mol. The summed E-state index contributed by atoms with van der Waals surface area (Å²) >= 11 is 0. The quantitative estimate of drug-likeness (QED) is 0.550. The molecular formula is C25H38O7. The maximum Gasteiger partial charge on any atom is 0.222 e. The van der Waals surface area contributed by atoms with Gasteiger partial charge in [-0.25, -0.2) is 0 Å². The molecule has 6 rings (SSSR count). The average Bonchev–Trinajstić information content (AvgIpc) is 3.56. The first-order chi connectivity index (χ1) is 16.7. The Morgan fingerprint density at radius 1 is 1.06 bits per heavy atom. The second-order valence-electron chi connectivity index (χ2n) is 10.9. The van der Waals surface area contributed by atoms with Gasteiger partial charge in [0.05, 0.1) is 33.9 Å². The Labute approximate surface area is 195 Å². The minimum absolute atomic E-state index is 0.0705. The molecule has 5 fully saturated rings. The van der Waals surface area contributed by atoms with Crippen LogP contribution in [-0.4, -0.2) is 71.6 Å².